The van der Waals surface area contributed by atoms with Crippen LogP contribution in [-0.4, -0.2) is 66.0 Å². The summed E-state index contributed by atoms with van der Waals surface area (Å²) in [5.74, 6) is -0.125. The standard InChI is InChI=1S/C25H24N6O4S/c26-25-27-13-17(14-28-25)16-4-3-5-18(12-16)31-23-19-6-1-2-7-21(19)36(33,34)15-20(23)22(29-31)24(32)30-8-10-35-11-9-30/h1-7,12-14,33-34H,8-11,15H2,(H2,26,27,28). The summed E-state index contributed by atoms with van der Waals surface area (Å²) in [7, 11) is -3.14. The molecule has 4 N–H and O–H groups in total. The third-order valence-electron chi connectivity index (χ3n) is 6.42. The van der Waals surface area contributed by atoms with Gasteiger partial charge in [-0.3, -0.25) is 13.9 Å². The summed E-state index contributed by atoms with van der Waals surface area (Å²) >= 11 is 0. The van der Waals surface area contributed by atoms with Gasteiger partial charge in [-0.05, 0) is 23.8 Å². The monoisotopic (exact) mass is 504 g/mol. The minimum atomic E-state index is -3.14. The zero-order valence-corrected chi connectivity index (χ0v) is 20.1. The highest BCUT2D eigenvalue weighted by Crippen LogP contribution is 2.59. The lowest BCUT2D eigenvalue weighted by atomic mass is 10.0. The first-order valence-electron chi connectivity index (χ1n) is 11.4. The zero-order chi connectivity index (χ0) is 24.9. The van der Waals surface area contributed by atoms with Gasteiger partial charge in [0.25, 0.3) is 5.91 Å². The highest BCUT2D eigenvalue weighted by atomic mass is 32.3. The lowest BCUT2D eigenvalue weighted by Gasteiger charge is -2.38. The first kappa shape index (κ1) is 22.7. The Bertz CT molecular complexity index is 1460. The number of carbonyl (C=O) groups excluding carboxylic acids is 1. The van der Waals surface area contributed by atoms with Crippen molar-refractivity contribution in [2.24, 2.45) is 0 Å². The maximum atomic E-state index is 13.6. The average molecular weight is 505 g/mol. The molecule has 2 aliphatic heterocycles. The molecule has 0 bridgehead atoms. The van der Waals surface area contributed by atoms with Crippen LogP contribution in [0.3, 0.4) is 0 Å². The number of nitrogen functional groups attached to an aromatic ring is 1. The van der Waals surface area contributed by atoms with E-state index in [4.69, 9.17) is 15.6 Å². The van der Waals surface area contributed by atoms with Crippen molar-refractivity contribution < 1.29 is 18.6 Å². The van der Waals surface area contributed by atoms with Crippen molar-refractivity contribution in [3.05, 3.63) is 72.2 Å². The van der Waals surface area contributed by atoms with Crippen molar-refractivity contribution >= 4 is 22.4 Å². The number of aromatic nitrogens is 4. The zero-order valence-electron chi connectivity index (χ0n) is 19.2. The Morgan fingerprint density at radius 1 is 1.00 bits per heavy atom. The molecule has 0 spiro atoms. The normalized spacial score (nSPS) is 17.2. The molecule has 0 atom stereocenters. The van der Waals surface area contributed by atoms with Crippen molar-refractivity contribution in [1.82, 2.24) is 24.6 Å². The molecule has 6 rings (SSSR count). The van der Waals surface area contributed by atoms with Gasteiger partial charge in [-0.2, -0.15) is 15.7 Å². The first-order chi connectivity index (χ1) is 17.4. The average Bonchev–Trinajstić information content (AvgIpc) is 3.28. The van der Waals surface area contributed by atoms with E-state index in [1.54, 1.807) is 34.1 Å². The molecule has 1 fully saturated rings. The van der Waals surface area contributed by atoms with Gasteiger partial charge in [0.2, 0.25) is 5.95 Å². The SMILES string of the molecule is Nc1ncc(-c2cccc(-n3nc(C(=O)N4CCOCC4)c4c3-c3ccccc3S(O)(O)C4)c2)cn1. The van der Waals surface area contributed by atoms with Gasteiger partial charge in [0.15, 0.2) is 5.69 Å². The van der Waals surface area contributed by atoms with Gasteiger partial charge in [-0.15, -0.1) is 0 Å². The van der Waals surface area contributed by atoms with Crippen LogP contribution in [0.2, 0.25) is 0 Å². The second-order valence-electron chi connectivity index (χ2n) is 8.68. The molecule has 36 heavy (non-hydrogen) atoms. The number of rotatable bonds is 3. The van der Waals surface area contributed by atoms with Crippen LogP contribution in [0.5, 0.6) is 0 Å². The van der Waals surface area contributed by atoms with Crippen LogP contribution in [0.1, 0.15) is 16.1 Å². The van der Waals surface area contributed by atoms with Crippen LogP contribution in [0.4, 0.5) is 5.95 Å². The smallest absolute Gasteiger partial charge is 0.274 e. The third kappa shape index (κ3) is 3.82. The number of fused-ring (bicyclic) bond motifs is 3. The van der Waals surface area contributed by atoms with Crippen molar-refractivity contribution in [2.45, 2.75) is 10.6 Å². The summed E-state index contributed by atoms with van der Waals surface area (Å²) in [5.41, 5.74) is 10.1. The van der Waals surface area contributed by atoms with Crippen LogP contribution >= 0.6 is 10.6 Å². The van der Waals surface area contributed by atoms with Gasteiger partial charge >= 0.3 is 0 Å². The summed E-state index contributed by atoms with van der Waals surface area (Å²) in [5, 5.41) is 4.78. The highest BCUT2D eigenvalue weighted by Gasteiger charge is 2.37. The summed E-state index contributed by atoms with van der Waals surface area (Å²) < 4.78 is 29.2. The minimum absolute atomic E-state index is 0.0732. The molecule has 184 valence electrons. The summed E-state index contributed by atoms with van der Waals surface area (Å²) in [6.45, 7) is 1.83. The Labute approximate surface area is 208 Å². The molecule has 11 heteroatoms. The van der Waals surface area contributed by atoms with Crippen molar-refractivity contribution in [2.75, 3.05) is 32.0 Å². The fraction of sp³-hybridized carbons (Fsp3) is 0.200. The number of anilines is 1. The number of hydrogen-bond acceptors (Lipinski definition) is 8. The van der Waals surface area contributed by atoms with E-state index in [-0.39, 0.29) is 23.3 Å². The molecule has 2 aromatic carbocycles. The van der Waals surface area contributed by atoms with Crippen LogP contribution in [0.25, 0.3) is 28.1 Å². The van der Waals surface area contributed by atoms with E-state index in [2.05, 4.69) is 9.97 Å². The molecule has 0 aliphatic carbocycles. The summed E-state index contributed by atoms with van der Waals surface area (Å²) in [6.07, 6.45) is 3.30. The second-order valence-corrected chi connectivity index (χ2v) is 10.7. The Balaban J connectivity index is 1.54. The number of amides is 1. The van der Waals surface area contributed by atoms with Crippen molar-refractivity contribution in [3.8, 4) is 28.1 Å². The molecular formula is C25H24N6O4S. The molecule has 2 aliphatic rings. The first-order valence-corrected chi connectivity index (χ1v) is 13.2. The number of carbonyl (C=O) groups is 1. The van der Waals surface area contributed by atoms with Crippen LogP contribution in [-0.2, 0) is 10.5 Å². The fourth-order valence-electron chi connectivity index (χ4n) is 4.67. The van der Waals surface area contributed by atoms with E-state index >= 15 is 0 Å². The maximum absolute atomic E-state index is 13.6. The molecule has 1 saturated heterocycles. The maximum Gasteiger partial charge on any atom is 0.274 e. The third-order valence-corrected chi connectivity index (χ3v) is 8.17. The second kappa shape index (κ2) is 8.71. The fourth-order valence-corrected chi connectivity index (χ4v) is 6.31. The number of hydrogen-bond donors (Lipinski definition) is 3. The quantitative estimate of drug-likeness (QED) is 0.384. The Morgan fingerprint density at radius 3 is 2.53 bits per heavy atom. The topological polar surface area (TPSA) is 140 Å². The van der Waals surface area contributed by atoms with E-state index in [1.165, 1.54) is 0 Å². The largest absolute Gasteiger partial charge is 0.378 e. The molecule has 4 heterocycles. The van der Waals surface area contributed by atoms with Crippen LogP contribution in [0.15, 0.2) is 65.8 Å². The summed E-state index contributed by atoms with van der Waals surface area (Å²) in [4.78, 5) is 23.9. The number of ether oxygens (including phenoxy) is 1. The van der Waals surface area contributed by atoms with Gasteiger partial charge in [0.1, 0.15) is 0 Å². The molecule has 4 aromatic rings. The minimum Gasteiger partial charge on any atom is -0.378 e. The lowest BCUT2D eigenvalue weighted by molar-refractivity contribution is 0.0298. The molecule has 0 unspecified atom stereocenters. The van der Waals surface area contributed by atoms with Crippen LogP contribution in [0, 0.1) is 0 Å². The lowest BCUT2D eigenvalue weighted by Crippen LogP contribution is -2.41. The predicted molar refractivity (Wildman–Crippen MR) is 136 cm³/mol. The number of nitrogens with two attached hydrogens (primary N) is 1. The summed E-state index contributed by atoms with van der Waals surface area (Å²) in [6, 6.07) is 14.8. The Hall–Kier alpha value is -3.77. The van der Waals surface area contributed by atoms with E-state index < -0.39 is 10.6 Å². The van der Waals surface area contributed by atoms with Gasteiger partial charge < -0.3 is 15.4 Å². The van der Waals surface area contributed by atoms with Gasteiger partial charge in [0, 0.05) is 42.2 Å². The van der Waals surface area contributed by atoms with Gasteiger partial charge in [-0.1, -0.05) is 30.3 Å². The van der Waals surface area contributed by atoms with Gasteiger partial charge in [-0.25, -0.2) is 14.6 Å². The predicted octanol–water partition coefficient (Wildman–Crippen LogP) is 3.67. The Kier molecular flexibility index (Phi) is 5.49. The molecule has 10 nitrogen and oxygen atoms in total. The van der Waals surface area contributed by atoms with E-state index in [1.807, 2.05) is 36.4 Å². The number of benzene rings is 2. The Morgan fingerprint density at radius 2 is 1.75 bits per heavy atom. The molecule has 0 saturated carbocycles. The van der Waals surface area contributed by atoms with E-state index in [0.29, 0.717) is 48.0 Å². The van der Waals surface area contributed by atoms with Crippen molar-refractivity contribution in [3.63, 3.8) is 0 Å². The highest BCUT2D eigenvalue weighted by molar-refractivity contribution is 8.23. The molecule has 1 amide bonds. The van der Waals surface area contributed by atoms with E-state index in [9.17, 15) is 13.9 Å². The van der Waals surface area contributed by atoms with Gasteiger partial charge in [0.05, 0.1) is 35.2 Å². The van der Waals surface area contributed by atoms with Crippen molar-refractivity contribution in [1.29, 1.82) is 0 Å². The number of morpholine rings is 1. The molecular weight excluding hydrogens is 480 g/mol. The molecule has 2 aromatic heterocycles. The van der Waals surface area contributed by atoms with E-state index in [0.717, 1.165) is 16.8 Å². The molecule has 0 radical (unpaired) electrons. The number of nitrogens with zero attached hydrogens (tertiary/aromatic N) is 5. The van der Waals surface area contributed by atoms with Crippen LogP contribution < -0.4 is 5.73 Å².